The van der Waals surface area contributed by atoms with Gasteiger partial charge in [-0.1, -0.05) is 12.1 Å². The van der Waals surface area contributed by atoms with Gasteiger partial charge in [-0.25, -0.2) is 0 Å². The van der Waals surface area contributed by atoms with Crippen molar-refractivity contribution in [1.29, 1.82) is 15.8 Å². The van der Waals surface area contributed by atoms with Gasteiger partial charge in [0.05, 0.1) is 0 Å². The molecule has 4 heteroatoms. The maximum absolute atomic E-state index is 8.77. The fourth-order valence-corrected chi connectivity index (χ4v) is 1.00. The van der Waals surface area contributed by atoms with E-state index in [1.807, 2.05) is 0 Å². The van der Waals surface area contributed by atoms with Crippen molar-refractivity contribution >= 4 is 5.69 Å². The lowest BCUT2D eigenvalue weighted by Crippen LogP contribution is -2.18. The molecule has 0 heterocycles. The van der Waals surface area contributed by atoms with E-state index in [1.165, 1.54) is 12.1 Å². The molecule has 1 rings (SSSR count). The molecule has 4 nitrogen and oxygen atoms in total. The standard InChI is InChI=1S/C10H6N4/c11-5-10(6-12,7-13)8-1-3-9(14)4-2-8/h1-4H,14H2. The van der Waals surface area contributed by atoms with Crippen molar-refractivity contribution in [2.24, 2.45) is 0 Å². The summed E-state index contributed by atoms with van der Waals surface area (Å²) in [5.41, 5.74) is 4.59. The average molecular weight is 182 g/mol. The maximum atomic E-state index is 8.77. The minimum atomic E-state index is -1.73. The zero-order valence-electron chi connectivity index (χ0n) is 7.23. The summed E-state index contributed by atoms with van der Waals surface area (Å²) in [5, 5.41) is 26.3. The second-order valence-corrected chi connectivity index (χ2v) is 2.71. The molecule has 0 spiro atoms. The van der Waals surface area contributed by atoms with Crippen molar-refractivity contribution in [2.75, 3.05) is 5.73 Å². The van der Waals surface area contributed by atoms with Gasteiger partial charge in [-0.3, -0.25) is 0 Å². The zero-order chi connectivity index (χ0) is 10.6. The third-order valence-electron chi connectivity index (χ3n) is 1.85. The molecule has 0 bridgehead atoms. The molecule has 1 aromatic rings. The van der Waals surface area contributed by atoms with E-state index in [0.29, 0.717) is 11.3 Å². The average Bonchev–Trinajstić information content (AvgIpc) is 2.24. The molecule has 0 aliphatic rings. The first-order valence-corrected chi connectivity index (χ1v) is 3.78. The maximum Gasteiger partial charge on any atom is 0.253 e. The van der Waals surface area contributed by atoms with Crippen LogP contribution in [0.5, 0.6) is 0 Å². The van der Waals surface area contributed by atoms with Crippen LogP contribution in [-0.2, 0) is 5.41 Å². The van der Waals surface area contributed by atoms with Gasteiger partial charge in [-0.05, 0) is 12.1 Å². The van der Waals surface area contributed by atoms with Gasteiger partial charge in [0, 0.05) is 11.3 Å². The lowest BCUT2D eigenvalue weighted by molar-refractivity contribution is 0.906. The molecule has 2 N–H and O–H groups in total. The van der Waals surface area contributed by atoms with E-state index in [0.717, 1.165) is 0 Å². The Morgan fingerprint density at radius 1 is 0.929 bits per heavy atom. The number of anilines is 1. The van der Waals surface area contributed by atoms with Crippen molar-refractivity contribution in [3.05, 3.63) is 29.8 Å². The predicted molar refractivity (Wildman–Crippen MR) is 49.4 cm³/mol. The lowest BCUT2D eigenvalue weighted by atomic mass is 9.85. The summed E-state index contributed by atoms with van der Waals surface area (Å²) in [5.74, 6) is 0. The van der Waals surface area contributed by atoms with Crippen LogP contribution in [0.2, 0.25) is 0 Å². The smallest absolute Gasteiger partial charge is 0.253 e. The first kappa shape index (κ1) is 9.58. The highest BCUT2D eigenvalue weighted by atomic mass is 14.5. The highest BCUT2D eigenvalue weighted by Crippen LogP contribution is 2.22. The molecule has 0 aromatic heterocycles. The Hall–Kier alpha value is -2.51. The Morgan fingerprint density at radius 2 is 1.36 bits per heavy atom. The van der Waals surface area contributed by atoms with Crippen LogP contribution in [0.1, 0.15) is 5.56 Å². The summed E-state index contributed by atoms with van der Waals surface area (Å²) >= 11 is 0. The molecule has 1 aromatic carbocycles. The molecule has 0 aliphatic carbocycles. The van der Waals surface area contributed by atoms with Crippen LogP contribution in [0.15, 0.2) is 24.3 Å². The molecule has 0 saturated heterocycles. The quantitative estimate of drug-likeness (QED) is 0.657. The number of nitrogens with zero attached hydrogens (tertiary/aromatic N) is 3. The molecule has 14 heavy (non-hydrogen) atoms. The molecule has 0 fully saturated rings. The van der Waals surface area contributed by atoms with Crippen molar-refractivity contribution in [3.8, 4) is 18.2 Å². The van der Waals surface area contributed by atoms with Crippen molar-refractivity contribution < 1.29 is 0 Å². The summed E-state index contributed by atoms with van der Waals surface area (Å²) < 4.78 is 0. The van der Waals surface area contributed by atoms with Crippen LogP contribution in [0.3, 0.4) is 0 Å². The minimum absolute atomic E-state index is 0.346. The number of rotatable bonds is 1. The Kier molecular flexibility index (Phi) is 2.38. The van der Waals surface area contributed by atoms with Crippen LogP contribution in [0.25, 0.3) is 0 Å². The minimum Gasteiger partial charge on any atom is -0.399 e. The van der Waals surface area contributed by atoms with Crippen LogP contribution in [0.4, 0.5) is 5.69 Å². The topological polar surface area (TPSA) is 97.4 Å². The molecular formula is C10H6N4. The summed E-state index contributed by atoms with van der Waals surface area (Å²) in [4.78, 5) is 0. The second-order valence-electron chi connectivity index (χ2n) is 2.71. The zero-order valence-corrected chi connectivity index (χ0v) is 7.23. The molecule has 66 valence electrons. The van der Waals surface area contributed by atoms with Crippen LogP contribution in [0, 0.1) is 34.0 Å². The summed E-state index contributed by atoms with van der Waals surface area (Å²) in [6.07, 6.45) is 0. The molecule has 0 atom stereocenters. The van der Waals surface area contributed by atoms with Gasteiger partial charge in [-0.15, -0.1) is 0 Å². The SMILES string of the molecule is N#CC(C#N)(C#N)c1ccc(N)cc1. The highest BCUT2D eigenvalue weighted by molar-refractivity contribution is 5.51. The Balaban J connectivity index is 3.31. The normalized spacial score (nSPS) is 9.50. The van der Waals surface area contributed by atoms with Gasteiger partial charge in [0.15, 0.2) is 0 Å². The Bertz CT molecular complexity index is 417. The number of benzene rings is 1. The van der Waals surface area contributed by atoms with Crippen molar-refractivity contribution in [3.63, 3.8) is 0 Å². The van der Waals surface area contributed by atoms with Gasteiger partial charge >= 0.3 is 0 Å². The molecule has 0 radical (unpaired) electrons. The number of hydrogen-bond acceptors (Lipinski definition) is 4. The summed E-state index contributed by atoms with van der Waals surface area (Å²) in [7, 11) is 0. The number of nitriles is 3. The van der Waals surface area contributed by atoms with Gasteiger partial charge in [0.2, 0.25) is 0 Å². The monoisotopic (exact) mass is 182 g/mol. The Labute approximate surface area is 81.4 Å². The fourth-order valence-electron chi connectivity index (χ4n) is 1.00. The molecule has 0 saturated carbocycles. The number of nitrogen functional groups attached to an aromatic ring is 1. The van der Waals surface area contributed by atoms with Gasteiger partial charge in [0.25, 0.3) is 5.41 Å². The third kappa shape index (κ3) is 1.35. The number of hydrogen-bond donors (Lipinski definition) is 1. The third-order valence-corrected chi connectivity index (χ3v) is 1.85. The van der Waals surface area contributed by atoms with E-state index in [-0.39, 0.29) is 0 Å². The number of nitrogens with two attached hydrogens (primary N) is 1. The van der Waals surface area contributed by atoms with Crippen LogP contribution >= 0.6 is 0 Å². The van der Waals surface area contributed by atoms with Crippen molar-refractivity contribution in [1.82, 2.24) is 0 Å². The van der Waals surface area contributed by atoms with Crippen LogP contribution < -0.4 is 5.73 Å². The Morgan fingerprint density at radius 3 is 1.71 bits per heavy atom. The van der Waals surface area contributed by atoms with E-state index in [2.05, 4.69) is 0 Å². The molecule has 0 amide bonds. The van der Waals surface area contributed by atoms with Gasteiger partial charge < -0.3 is 5.73 Å². The van der Waals surface area contributed by atoms with E-state index in [4.69, 9.17) is 21.5 Å². The lowest BCUT2D eigenvalue weighted by Gasteiger charge is -2.08. The fraction of sp³-hybridized carbons (Fsp3) is 0.100. The van der Waals surface area contributed by atoms with E-state index in [1.54, 1.807) is 30.3 Å². The molecular weight excluding hydrogens is 176 g/mol. The van der Waals surface area contributed by atoms with Crippen molar-refractivity contribution in [2.45, 2.75) is 5.41 Å². The van der Waals surface area contributed by atoms with Crippen LogP contribution in [-0.4, -0.2) is 0 Å². The first-order valence-electron chi connectivity index (χ1n) is 3.78. The van der Waals surface area contributed by atoms with Gasteiger partial charge in [0.1, 0.15) is 18.2 Å². The predicted octanol–water partition coefficient (Wildman–Crippen LogP) is 1.08. The molecule has 0 aliphatic heterocycles. The molecule has 0 unspecified atom stereocenters. The van der Waals surface area contributed by atoms with E-state index < -0.39 is 5.41 Å². The highest BCUT2D eigenvalue weighted by Gasteiger charge is 2.32. The van der Waals surface area contributed by atoms with E-state index in [9.17, 15) is 0 Å². The van der Waals surface area contributed by atoms with Gasteiger partial charge in [-0.2, -0.15) is 15.8 Å². The summed E-state index contributed by atoms with van der Waals surface area (Å²) in [6.45, 7) is 0. The summed E-state index contributed by atoms with van der Waals surface area (Å²) in [6, 6.07) is 11.2. The van der Waals surface area contributed by atoms with E-state index >= 15 is 0 Å². The second kappa shape index (κ2) is 3.47. The first-order chi connectivity index (χ1) is 6.68. The largest absolute Gasteiger partial charge is 0.399 e.